The predicted octanol–water partition coefficient (Wildman–Crippen LogP) is 2.69. The van der Waals surface area contributed by atoms with Crippen LogP contribution < -0.4 is 5.32 Å². The summed E-state index contributed by atoms with van der Waals surface area (Å²) in [6.45, 7) is 5.02. The highest BCUT2D eigenvalue weighted by atomic mass is 19.1. The molecule has 0 aliphatic rings. The van der Waals surface area contributed by atoms with Gasteiger partial charge in [0.15, 0.2) is 0 Å². The van der Waals surface area contributed by atoms with Crippen molar-refractivity contribution in [3.05, 3.63) is 35.6 Å². The number of amides is 1. The molecule has 0 aliphatic carbocycles. The number of hydrogen-bond donors (Lipinski definition) is 1. The van der Waals surface area contributed by atoms with Gasteiger partial charge in [0, 0.05) is 13.0 Å². The van der Waals surface area contributed by atoms with Crippen LogP contribution in [0.2, 0.25) is 0 Å². The maximum absolute atomic E-state index is 12.7. The van der Waals surface area contributed by atoms with Gasteiger partial charge in [0.1, 0.15) is 5.82 Å². The topological polar surface area (TPSA) is 38.3 Å². The molecule has 19 heavy (non-hydrogen) atoms. The van der Waals surface area contributed by atoms with Crippen LogP contribution in [0.3, 0.4) is 0 Å². The van der Waals surface area contributed by atoms with Crippen LogP contribution in [0.4, 0.5) is 4.39 Å². The Kier molecular flexibility index (Phi) is 7.11. The molecule has 0 bridgehead atoms. The van der Waals surface area contributed by atoms with Crippen LogP contribution in [-0.2, 0) is 16.0 Å². The summed E-state index contributed by atoms with van der Waals surface area (Å²) in [4.78, 5) is 11.5. The first-order valence-corrected chi connectivity index (χ1v) is 6.70. The lowest BCUT2D eigenvalue weighted by Crippen LogP contribution is -2.27. The first kappa shape index (κ1) is 15.6. The average molecular weight is 267 g/mol. The van der Waals surface area contributed by atoms with Gasteiger partial charge in [-0.05, 0) is 44.4 Å². The lowest BCUT2D eigenvalue weighted by Gasteiger charge is -2.08. The van der Waals surface area contributed by atoms with Gasteiger partial charge in [-0.3, -0.25) is 4.79 Å². The highest BCUT2D eigenvalue weighted by molar-refractivity contribution is 5.75. The molecule has 106 valence electrons. The SMILES string of the molecule is CC(C)OCCNC(=O)CCCc1ccc(F)cc1. The second-order valence-electron chi connectivity index (χ2n) is 4.75. The number of carbonyl (C=O) groups excluding carboxylic acids is 1. The number of aryl methyl sites for hydroxylation is 1. The smallest absolute Gasteiger partial charge is 0.220 e. The molecule has 1 rings (SSSR count). The van der Waals surface area contributed by atoms with Crippen LogP contribution in [0.1, 0.15) is 32.3 Å². The number of ether oxygens (including phenoxy) is 1. The molecule has 1 amide bonds. The van der Waals surface area contributed by atoms with Crippen LogP contribution in [-0.4, -0.2) is 25.2 Å². The maximum atomic E-state index is 12.7. The summed E-state index contributed by atoms with van der Waals surface area (Å²) in [5.41, 5.74) is 1.05. The number of hydrogen-bond acceptors (Lipinski definition) is 2. The van der Waals surface area contributed by atoms with Gasteiger partial charge in [-0.15, -0.1) is 0 Å². The molecule has 0 heterocycles. The number of rotatable bonds is 8. The van der Waals surface area contributed by atoms with Gasteiger partial charge in [0.25, 0.3) is 0 Å². The second kappa shape index (κ2) is 8.64. The van der Waals surface area contributed by atoms with E-state index in [2.05, 4.69) is 5.32 Å². The molecule has 0 unspecified atom stereocenters. The first-order chi connectivity index (χ1) is 9.08. The van der Waals surface area contributed by atoms with E-state index in [0.717, 1.165) is 18.4 Å². The van der Waals surface area contributed by atoms with E-state index < -0.39 is 0 Å². The van der Waals surface area contributed by atoms with Crippen LogP contribution in [0, 0.1) is 5.82 Å². The van der Waals surface area contributed by atoms with Gasteiger partial charge in [0.2, 0.25) is 5.91 Å². The van der Waals surface area contributed by atoms with Crippen LogP contribution >= 0.6 is 0 Å². The standard InChI is InChI=1S/C15H22FNO2/c1-12(2)19-11-10-17-15(18)5-3-4-13-6-8-14(16)9-7-13/h6-9,12H,3-5,10-11H2,1-2H3,(H,17,18). The number of carbonyl (C=O) groups is 1. The zero-order valence-electron chi connectivity index (χ0n) is 11.6. The molecule has 4 heteroatoms. The van der Waals surface area contributed by atoms with Crippen molar-refractivity contribution in [3.63, 3.8) is 0 Å². The van der Waals surface area contributed by atoms with E-state index in [4.69, 9.17) is 4.74 Å². The van der Waals surface area contributed by atoms with Crippen LogP contribution in [0.5, 0.6) is 0 Å². The summed E-state index contributed by atoms with van der Waals surface area (Å²) in [5.74, 6) is -0.193. The van der Waals surface area contributed by atoms with Gasteiger partial charge in [0.05, 0.1) is 12.7 Å². The van der Waals surface area contributed by atoms with Gasteiger partial charge in [-0.1, -0.05) is 12.1 Å². The third-order valence-corrected chi connectivity index (χ3v) is 2.66. The number of nitrogens with one attached hydrogen (secondary N) is 1. The maximum Gasteiger partial charge on any atom is 0.220 e. The van der Waals surface area contributed by atoms with Gasteiger partial charge in [-0.25, -0.2) is 4.39 Å². The van der Waals surface area contributed by atoms with E-state index in [1.165, 1.54) is 12.1 Å². The molecule has 1 N–H and O–H groups in total. The van der Waals surface area contributed by atoms with Crippen molar-refractivity contribution in [1.29, 1.82) is 0 Å². The minimum Gasteiger partial charge on any atom is -0.377 e. The highest BCUT2D eigenvalue weighted by Crippen LogP contribution is 2.06. The summed E-state index contributed by atoms with van der Waals surface area (Å²) < 4.78 is 18.0. The summed E-state index contributed by atoms with van der Waals surface area (Å²) >= 11 is 0. The molecular formula is C15H22FNO2. The fourth-order valence-corrected chi connectivity index (χ4v) is 1.68. The van der Waals surface area contributed by atoms with Crippen molar-refractivity contribution in [2.75, 3.05) is 13.2 Å². The summed E-state index contributed by atoms with van der Waals surface area (Å²) in [7, 11) is 0. The zero-order valence-corrected chi connectivity index (χ0v) is 11.6. The minimum absolute atomic E-state index is 0.0365. The van der Waals surface area contributed by atoms with Crippen LogP contribution in [0.15, 0.2) is 24.3 Å². The van der Waals surface area contributed by atoms with E-state index >= 15 is 0 Å². The Balaban J connectivity index is 2.08. The molecule has 0 aliphatic heterocycles. The lowest BCUT2D eigenvalue weighted by molar-refractivity contribution is -0.121. The third-order valence-electron chi connectivity index (χ3n) is 2.66. The summed E-state index contributed by atoms with van der Waals surface area (Å²) in [6, 6.07) is 6.39. The van der Waals surface area contributed by atoms with E-state index in [0.29, 0.717) is 19.6 Å². The molecule has 0 radical (unpaired) electrons. The van der Waals surface area contributed by atoms with Gasteiger partial charge in [-0.2, -0.15) is 0 Å². The average Bonchev–Trinajstić information content (AvgIpc) is 2.37. The van der Waals surface area contributed by atoms with Crippen LogP contribution in [0.25, 0.3) is 0 Å². The zero-order chi connectivity index (χ0) is 14.1. The van der Waals surface area contributed by atoms with Crippen molar-refractivity contribution in [2.45, 2.75) is 39.2 Å². The number of halogens is 1. The minimum atomic E-state index is -0.230. The van der Waals surface area contributed by atoms with Crippen molar-refractivity contribution in [3.8, 4) is 0 Å². The van der Waals surface area contributed by atoms with Crippen molar-refractivity contribution in [2.24, 2.45) is 0 Å². The largest absolute Gasteiger partial charge is 0.377 e. The van der Waals surface area contributed by atoms with E-state index in [1.807, 2.05) is 13.8 Å². The Hall–Kier alpha value is -1.42. The number of benzene rings is 1. The molecule has 0 saturated carbocycles. The Labute approximate surface area is 114 Å². The van der Waals surface area contributed by atoms with Gasteiger partial charge >= 0.3 is 0 Å². The van der Waals surface area contributed by atoms with Crippen molar-refractivity contribution >= 4 is 5.91 Å². The van der Waals surface area contributed by atoms with Gasteiger partial charge < -0.3 is 10.1 Å². The molecular weight excluding hydrogens is 245 g/mol. The van der Waals surface area contributed by atoms with Crippen molar-refractivity contribution in [1.82, 2.24) is 5.32 Å². The Morgan fingerprint density at radius 1 is 1.32 bits per heavy atom. The molecule has 0 fully saturated rings. The monoisotopic (exact) mass is 267 g/mol. The first-order valence-electron chi connectivity index (χ1n) is 6.70. The van der Waals surface area contributed by atoms with Crippen molar-refractivity contribution < 1.29 is 13.9 Å². The molecule has 0 spiro atoms. The molecule has 0 aromatic heterocycles. The molecule has 3 nitrogen and oxygen atoms in total. The third kappa shape index (κ3) is 7.57. The lowest BCUT2D eigenvalue weighted by atomic mass is 10.1. The molecule has 1 aromatic rings. The molecule has 0 saturated heterocycles. The van der Waals surface area contributed by atoms with E-state index in [-0.39, 0.29) is 17.8 Å². The molecule has 0 atom stereocenters. The fraction of sp³-hybridized carbons (Fsp3) is 0.533. The summed E-state index contributed by atoms with van der Waals surface area (Å²) in [6.07, 6.45) is 2.23. The Morgan fingerprint density at radius 3 is 2.63 bits per heavy atom. The van der Waals surface area contributed by atoms with E-state index in [9.17, 15) is 9.18 Å². The van der Waals surface area contributed by atoms with E-state index in [1.54, 1.807) is 12.1 Å². The Morgan fingerprint density at radius 2 is 2.00 bits per heavy atom. The Bertz CT molecular complexity index is 376. The highest BCUT2D eigenvalue weighted by Gasteiger charge is 2.02. The molecule has 1 aromatic carbocycles. The second-order valence-corrected chi connectivity index (χ2v) is 4.75. The normalized spacial score (nSPS) is 10.7. The quantitative estimate of drug-likeness (QED) is 0.735. The fourth-order valence-electron chi connectivity index (χ4n) is 1.68. The predicted molar refractivity (Wildman–Crippen MR) is 73.4 cm³/mol. The summed E-state index contributed by atoms with van der Waals surface area (Å²) in [5, 5.41) is 2.81.